The number of fused-ring (bicyclic) bond motifs is 1. The number of hydrogen-bond donors (Lipinski definition) is 0. The van der Waals surface area contributed by atoms with E-state index in [2.05, 4.69) is 14.7 Å². The molecule has 3 fully saturated rings. The molecular formula is C47H61N7O7S. The van der Waals surface area contributed by atoms with Crippen molar-refractivity contribution in [1.82, 2.24) is 28.7 Å². The van der Waals surface area contributed by atoms with Crippen molar-refractivity contribution in [3.63, 3.8) is 0 Å². The van der Waals surface area contributed by atoms with Crippen LogP contribution in [0.15, 0.2) is 47.4 Å². The lowest BCUT2D eigenvalue weighted by molar-refractivity contribution is -0.111. The Labute approximate surface area is 368 Å². The lowest BCUT2D eigenvalue weighted by Crippen LogP contribution is -2.60. The second-order valence-corrected chi connectivity index (χ2v) is 18.9. The Bertz CT molecular complexity index is 2350. The summed E-state index contributed by atoms with van der Waals surface area (Å²) in [6, 6.07) is 11.0. The summed E-state index contributed by atoms with van der Waals surface area (Å²) in [7, 11) is 12.9. The molecule has 14 nitrogen and oxygen atoms in total. The predicted molar refractivity (Wildman–Crippen MR) is 244 cm³/mol. The van der Waals surface area contributed by atoms with Gasteiger partial charge in [0.15, 0.2) is 6.29 Å². The molecule has 0 N–H and O–H groups in total. The third-order valence-corrected chi connectivity index (χ3v) is 14.2. The number of ether oxygens (including phenoxy) is 2. The molecule has 3 aliphatic rings. The summed E-state index contributed by atoms with van der Waals surface area (Å²) in [6.45, 7) is 7.12. The average molecular weight is 868 g/mol. The summed E-state index contributed by atoms with van der Waals surface area (Å²) in [5.74, 6) is 1.87. The molecule has 1 unspecified atom stereocenters. The fraction of sp³-hybridized carbons (Fsp3) is 0.511. The molecule has 1 amide bonds. The molecule has 1 spiro atoms. The first-order chi connectivity index (χ1) is 29.8. The van der Waals surface area contributed by atoms with E-state index in [1.54, 1.807) is 31.9 Å². The third kappa shape index (κ3) is 9.11. The van der Waals surface area contributed by atoms with Crippen LogP contribution in [0.2, 0.25) is 0 Å². The number of carbonyl (C=O) groups is 4. The number of piperidine rings is 2. The maximum atomic E-state index is 14.0. The van der Waals surface area contributed by atoms with Gasteiger partial charge >= 0.3 is 5.69 Å². The highest BCUT2D eigenvalue weighted by molar-refractivity contribution is 7.15. The van der Waals surface area contributed by atoms with E-state index in [1.807, 2.05) is 74.5 Å². The first-order valence-electron chi connectivity index (χ1n) is 21.6. The number of methoxy groups -OCH3 is 2. The van der Waals surface area contributed by atoms with Gasteiger partial charge in [-0.3, -0.25) is 18.7 Å². The number of rotatable bonds is 17. The fourth-order valence-corrected chi connectivity index (χ4v) is 10.7. The number of thiophene rings is 1. The van der Waals surface area contributed by atoms with Crippen molar-refractivity contribution in [2.24, 2.45) is 18.4 Å². The van der Waals surface area contributed by atoms with Gasteiger partial charge < -0.3 is 43.6 Å². The van der Waals surface area contributed by atoms with E-state index in [9.17, 15) is 24.0 Å². The number of imidazole rings is 1. The van der Waals surface area contributed by atoms with Crippen LogP contribution < -0.4 is 20.1 Å². The second-order valence-electron chi connectivity index (χ2n) is 17.8. The molecule has 0 radical (unpaired) electrons. The molecule has 332 valence electrons. The van der Waals surface area contributed by atoms with Crippen molar-refractivity contribution < 1.29 is 28.7 Å². The molecule has 62 heavy (non-hydrogen) atoms. The number of hydrogen-bond acceptors (Lipinski definition) is 12. The number of aldehydes is 3. The van der Waals surface area contributed by atoms with Crippen LogP contribution in [0, 0.1) is 11.3 Å². The summed E-state index contributed by atoms with van der Waals surface area (Å²) >= 11 is 1.36. The number of benzene rings is 2. The van der Waals surface area contributed by atoms with Crippen LogP contribution >= 0.6 is 11.3 Å². The van der Waals surface area contributed by atoms with Crippen LogP contribution in [0.25, 0.3) is 16.6 Å². The summed E-state index contributed by atoms with van der Waals surface area (Å²) in [6.07, 6.45) is 9.04. The van der Waals surface area contributed by atoms with Crippen LogP contribution in [0.3, 0.4) is 0 Å². The lowest BCUT2D eigenvalue weighted by atomic mass is 9.71. The average Bonchev–Trinajstić information content (AvgIpc) is 3.80. The molecule has 4 aromatic rings. The van der Waals surface area contributed by atoms with Crippen molar-refractivity contribution in [3.05, 3.63) is 79.5 Å². The maximum Gasteiger partial charge on any atom is 0.329 e. The number of amides is 1. The molecule has 5 heterocycles. The standard InChI is InChI=1S/C47H61N7O7S/c1-48(2)26-37(33-21-41(60-6)38(27-49(3)4)42(22-33)61-7)44-34(28-56)23-43(62-44)45(58)52-16-12-32(13-17-52)25-51-18-14-47(15-19-51)30-53(31-47)35-10-11-39-40(24-35)50(5)46(59)54(39)36(29-57)9-8-20-55/h10-11,20-24,26,28-29,32,36H,8-9,12-19,25,27,30-31H2,1-7H3/b37-26-. The van der Waals surface area contributed by atoms with Gasteiger partial charge in [0.1, 0.15) is 24.1 Å². The Balaban J connectivity index is 0.940. The molecule has 3 saturated heterocycles. The zero-order chi connectivity index (χ0) is 44.3. The minimum atomic E-state index is -0.669. The lowest BCUT2D eigenvalue weighted by Gasteiger charge is -2.55. The van der Waals surface area contributed by atoms with Gasteiger partial charge in [0.05, 0.1) is 41.7 Å². The summed E-state index contributed by atoms with van der Waals surface area (Å²) in [5.41, 5.74) is 5.65. The number of aromatic nitrogens is 2. The predicted octanol–water partition coefficient (Wildman–Crippen LogP) is 5.42. The third-order valence-electron chi connectivity index (χ3n) is 13.0. The molecule has 2 aromatic carbocycles. The molecule has 15 heteroatoms. The zero-order valence-corrected chi connectivity index (χ0v) is 38.0. The summed E-state index contributed by atoms with van der Waals surface area (Å²) in [4.78, 5) is 74.7. The van der Waals surface area contributed by atoms with Crippen LogP contribution in [0.4, 0.5) is 5.69 Å². The normalized spacial score (nSPS) is 17.6. The minimum Gasteiger partial charge on any atom is -0.496 e. The Morgan fingerprint density at radius 1 is 0.935 bits per heavy atom. The Hall–Kier alpha value is -5.25. The van der Waals surface area contributed by atoms with Gasteiger partial charge in [-0.05, 0) is 107 Å². The number of anilines is 1. The van der Waals surface area contributed by atoms with E-state index in [0.717, 1.165) is 110 Å². The minimum absolute atomic E-state index is 0.0309. The van der Waals surface area contributed by atoms with Crippen LogP contribution in [0.1, 0.15) is 80.6 Å². The molecule has 0 bridgehead atoms. The highest BCUT2D eigenvalue weighted by atomic mass is 32.1. The SMILES string of the molecule is COc1cc(/C(=C/N(C)C)c2sc(C(=O)N3CCC(CN4CCC5(CC4)CN(c4ccc6c(c4)n(C)c(=O)n6C(C=O)CCC=O)C5)CC3)cc2C=O)cc(OC)c1CN(C)C. The first-order valence-corrected chi connectivity index (χ1v) is 22.4. The van der Waals surface area contributed by atoms with E-state index >= 15 is 0 Å². The highest BCUT2D eigenvalue weighted by Gasteiger charge is 2.45. The van der Waals surface area contributed by atoms with Crippen molar-refractivity contribution in [2.45, 2.75) is 51.1 Å². The zero-order valence-electron chi connectivity index (χ0n) is 37.2. The monoisotopic (exact) mass is 867 g/mol. The van der Waals surface area contributed by atoms with Gasteiger partial charge in [0.25, 0.3) is 5.91 Å². The van der Waals surface area contributed by atoms with E-state index in [-0.39, 0.29) is 23.4 Å². The van der Waals surface area contributed by atoms with Crippen LogP contribution in [-0.2, 0) is 23.2 Å². The molecule has 7 rings (SSSR count). The molecule has 1 atom stereocenters. The van der Waals surface area contributed by atoms with Gasteiger partial charge in [-0.2, -0.15) is 0 Å². The number of likely N-dealkylation sites (tertiary alicyclic amines) is 2. The van der Waals surface area contributed by atoms with Gasteiger partial charge in [0.2, 0.25) is 0 Å². The number of aryl methyl sites for hydroxylation is 1. The molecule has 3 aliphatic heterocycles. The van der Waals surface area contributed by atoms with E-state index in [4.69, 9.17) is 9.47 Å². The largest absolute Gasteiger partial charge is 0.496 e. The highest BCUT2D eigenvalue weighted by Crippen LogP contribution is 2.44. The van der Waals surface area contributed by atoms with Crippen LogP contribution in [-0.4, -0.2) is 142 Å². The smallest absolute Gasteiger partial charge is 0.329 e. The Morgan fingerprint density at radius 3 is 2.19 bits per heavy atom. The Kier molecular flexibility index (Phi) is 13.7. The second kappa shape index (κ2) is 19.0. The van der Waals surface area contributed by atoms with Gasteiger partial charge in [-0.1, -0.05) is 0 Å². The quantitative estimate of drug-likeness (QED) is 0.126. The van der Waals surface area contributed by atoms with E-state index in [1.165, 1.54) is 15.9 Å². The fourth-order valence-electron chi connectivity index (χ4n) is 9.62. The maximum absolute atomic E-state index is 14.0. The molecule has 2 aromatic heterocycles. The van der Waals surface area contributed by atoms with Gasteiger partial charge in [-0.15, -0.1) is 11.3 Å². The summed E-state index contributed by atoms with van der Waals surface area (Å²) < 4.78 is 14.8. The van der Waals surface area contributed by atoms with Gasteiger partial charge in [-0.25, -0.2) is 4.79 Å². The number of nitrogens with zero attached hydrogens (tertiary/aromatic N) is 7. The molecule has 0 aliphatic carbocycles. The van der Waals surface area contributed by atoms with Crippen LogP contribution in [0.5, 0.6) is 11.5 Å². The van der Waals surface area contributed by atoms with Crippen molar-refractivity contribution in [1.29, 1.82) is 0 Å². The van der Waals surface area contributed by atoms with Crippen molar-refractivity contribution >= 4 is 58.4 Å². The van der Waals surface area contributed by atoms with Crippen molar-refractivity contribution in [3.8, 4) is 11.5 Å². The first kappa shape index (κ1) is 44.8. The topological polar surface area (TPSA) is 130 Å². The Morgan fingerprint density at radius 2 is 1.61 bits per heavy atom. The summed E-state index contributed by atoms with van der Waals surface area (Å²) in [5, 5.41) is 0. The molecular weight excluding hydrogens is 807 g/mol. The van der Waals surface area contributed by atoms with E-state index in [0.29, 0.717) is 59.4 Å². The van der Waals surface area contributed by atoms with E-state index < -0.39 is 6.04 Å². The van der Waals surface area contributed by atoms with Crippen molar-refractivity contribution in [2.75, 3.05) is 93.1 Å². The molecule has 0 saturated carbocycles. The van der Waals surface area contributed by atoms with Gasteiger partial charge in [0, 0.05) is 100 Å². The number of carbonyl (C=O) groups excluding carboxylic acids is 4.